The first-order valence-electron chi connectivity index (χ1n) is 9.85. The number of hydrogen-bond acceptors (Lipinski definition) is 6. The van der Waals surface area contributed by atoms with E-state index >= 15 is 0 Å². The van der Waals surface area contributed by atoms with Crippen molar-refractivity contribution in [2.24, 2.45) is 0 Å². The van der Waals surface area contributed by atoms with Crippen LogP contribution in [0.1, 0.15) is 24.1 Å². The summed E-state index contributed by atoms with van der Waals surface area (Å²) < 4.78 is 38.6. The lowest BCUT2D eigenvalue weighted by Gasteiger charge is -2.41. The quantitative estimate of drug-likeness (QED) is 0.654. The predicted molar refractivity (Wildman–Crippen MR) is 110 cm³/mol. The fourth-order valence-electron chi connectivity index (χ4n) is 4.28. The first-order chi connectivity index (χ1) is 14.1. The highest BCUT2D eigenvalue weighted by Crippen LogP contribution is 2.31. The van der Waals surface area contributed by atoms with Gasteiger partial charge in [0.15, 0.2) is 5.58 Å². The summed E-state index contributed by atoms with van der Waals surface area (Å²) in [6, 6.07) is 15.9. The van der Waals surface area contributed by atoms with Crippen LogP contribution in [0.2, 0.25) is 0 Å². The first-order valence-corrected chi connectivity index (χ1v) is 11.5. The molecule has 0 bridgehead atoms. The summed E-state index contributed by atoms with van der Waals surface area (Å²) in [6.07, 6.45) is 1.55. The molecule has 1 aromatic heterocycles. The second-order valence-electron chi connectivity index (χ2n) is 7.59. The molecule has 1 fully saturated rings. The summed E-state index contributed by atoms with van der Waals surface area (Å²) in [7, 11) is -3.45. The van der Waals surface area contributed by atoms with Gasteiger partial charge < -0.3 is 14.2 Å². The van der Waals surface area contributed by atoms with E-state index in [1.54, 1.807) is 10.4 Å². The number of sulfonamides is 1. The Balaban J connectivity index is 1.28. The summed E-state index contributed by atoms with van der Waals surface area (Å²) in [5, 5.41) is 4.74. The van der Waals surface area contributed by atoms with Crippen LogP contribution in [0.15, 0.2) is 53.1 Å². The maximum Gasteiger partial charge on any atom is 0.220 e. The van der Waals surface area contributed by atoms with Gasteiger partial charge in [-0.2, -0.15) is 0 Å². The third-order valence-corrected chi connectivity index (χ3v) is 7.61. The molecule has 1 saturated heterocycles. The molecule has 7 nitrogen and oxygen atoms in total. The Kier molecular flexibility index (Phi) is 4.77. The number of fused-ring (bicyclic) bond motifs is 2. The summed E-state index contributed by atoms with van der Waals surface area (Å²) in [5.74, 6) is -0.135. The molecular formula is C21H23N3O4S. The second-order valence-corrected chi connectivity index (χ2v) is 9.56. The summed E-state index contributed by atoms with van der Waals surface area (Å²) in [6.45, 7) is 2.19. The van der Waals surface area contributed by atoms with E-state index in [2.05, 4.69) is 22.2 Å². The third-order valence-electron chi connectivity index (χ3n) is 5.82. The zero-order valence-electron chi connectivity index (χ0n) is 16.0. The van der Waals surface area contributed by atoms with E-state index in [1.807, 2.05) is 30.3 Å². The van der Waals surface area contributed by atoms with Crippen LogP contribution in [-0.2, 0) is 27.1 Å². The second kappa shape index (κ2) is 7.44. The molecular weight excluding hydrogens is 390 g/mol. The van der Waals surface area contributed by atoms with Crippen molar-refractivity contribution in [2.75, 3.05) is 24.7 Å². The van der Waals surface area contributed by atoms with Crippen LogP contribution in [0.5, 0.6) is 0 Å². The average molecular weight is 413 g/mol. The Morgan fingerprint density at radius 3 is 2.66 bits per heavy atom. The van der Waals surface area contributed by atoms with Crippen LogP contribution in [0.3, 0.4) is 0 Å². The zero-order chi connectivity index (χ0) is 19.8. The molecule has 8 heteroatoms. The van der Waals surface area contributed by atoms with Crippen LogP contribution in [0.25, 0.3) is 11.0 Å². The van der Waals surface area contributed by atoms with Crippen molar-refractivity contribution in [1.29, 1.82) is 0 Å². The van der Waals surface area contributed by atoms with Crippen molar-refractivity contribution in [3.63, 3.8) is 0 Å². The largest absolute Gasteiger partial charge is 0.356 e. The number of para-hydroxylation sites is 2. The summed E-state index contributed by atoms with van der Waals surface area (Å²) in [4.78, 5) is 2.27. The Morgan fingerprint density at radius 2 is 1.79 bits per heavy atom. The van der Waals surface area contributed by atoms with E-state index in [1.165, 1.54) is 11.3 Å². The highest BCUT2D eigenvalue weighted by molar-refractivity contribution is 7.88. The highest BCUT2D eigenvalue weighted by atomic mass is 32.2. The van der Waals surface area contributed by atoms with E-state index in [4.69, 9.17) is 9.26 Å². The molecule has 0 aliphatic carbocycles. The zero-order valence-corrected chi connectivity index (χ0v) is 16.8. The highest BCUT2D eigenvalue weighted by Gasteiger charge is 2.33. The SMILES string of the molecule is O=S(=O)(Cc1noc2ccccc12)N1CCC(N2COCc3ccccc32)CC1. The van der Waals surface area contributed by atoms with E-state index in [-0.39, 0.29) is 11.8 Å². The fourth-order valence-corrected chi connectivity index (χ4v) is 5.78. The first kappa shape index (κ1) is 18.6. The van der Waals surface area contributed by atoms with E-state index in [9.17, 15) is 8.42 Å². The number of rotatable bonds is 4. The number of nitrogens with zero attached hydrogens (tertiary/aromatic N) is 3. The lowest BCUT2D eigenvalue weighted by atomic mass is 10.0. The molecule has 3 aromatic rings. The van der Waals surface area contributed by atoms with Crippen molar-refractivity contribution in [1.82, 2.24) is 9.46 Å². The van der Waals surface area contributed by atoms with Crippen LogP contribution < -0.4 is 4.90 Å². The van der Waals surface area contributed by atoms with Gasteiger partial charge in [0.25, 0.3) is 0 Å². The smallest absolute Gasteiger partial charge is 0.220 e. The molecule has 0 saturated carbocycles. The molecule has 3 heterocycles. The summed E-state index contributed by atoms with van der Waals surface area (Å²) in [5.41, 5.74) is 3.47. The van der Waals surface area contributed by atoms with Gasteiger partial charge in [-0.1, -0.05) is 35.5 Å². The van der Waals surface area contributed by atoms with E-state index in [0.29, 0.717) is 37.7 Å². The Hall–Kier alpha value is -2.42. The van der Waals surface area contributed by atoms with Crippen LogP contribution in [0.4, 0.5) is 5.69 Å². The normalized spacial score (nSPS) is 18.8. The molecule has 2 aliphatic heterocycles. The Labute approximate surface area is 169 Å². The van der Waals surface area contributed by atoms with Gasteiger partial charge in [-0.05, 0) is 31.0 Å². The molecule has 152 valence electrons. The van der Waals surface area contributed by atoms with Crippen LogP contribution in [-0.4, -0.2) is 43.7 Å². The van der Waals surface area contributed by atoms with Gasteiger partial charge in [0.05, 0.1) is 6.61 Å². The van der Waals surface area contributed by atoms with Crippen molar-refractivity contribution in [3.8, 4) is 0 Å². The van der Waals surface area contributed by atoms with Crippen molar-refractivity contribution in [2.45, 2.75) is 31.2 Å². The number of benzene rings is 2. The van der Waals surface area contributed by atoms with Crippen molar-refractivity contribution < 1.29 is 17.7 Å². The molecule has 0 amide bonds. The molecule has 0 spiro atoms. The van der Waals surface area contributed by atoms with Crippen molar-refractivity contribution >= 4 is 26.7 Å². The number of piperidine rings is 1. The summed E-state index contributed by atoms with van der Waals surface area (Å²) >= 11 is 0. The number of ether oxygens (including phenoxy) is 1. The monoisotopic (exact) mass is 413 g/mol. The molecule has 2 aromatic carbocycles. The van der Waals surface area contributed by atoms with Gasteiger partial charge in [0.2, 0.25) is 10.0 Å². The van der Waals surface area contributed by atoms with Gasteiger partial charge in [-0.3, -0.25) is 0 Å². The molecule has 0 radical (unpaired) electrons. The molecule has 0 N–H and O–H groups in total. The standard InChI is InChI=1S/C21H23N3O4S/c25-29(26,14-19-18-6-2-4-8-21(18)28-22-19)23-11-9-17(10-12-23)24-15-27-13-16-5-1-3-7-20(16)24/h1-8,17H,9-15H2. The van der Waals surface area contributed by atoms with Crippen molar-refractivity contribution in [3.05, 3.63) is 59.8 Å². The Morgan fingerprint density at radius 1 is 1.03 bits per heavy atom. The average Bonchev–Trinajstić information content (AvgIpc) is 3.16. The lowest BCUT2D eigenvalue weighted by Crippen LogP contribution is -2.48. The van der Waals surface area contributed by atoms with Gasteiger partial charge in [0.1, 0.15) is 18.2 Å². The van der Waals surface area contributed by atoms with Gasteiger partial charge in [-0.15, -0.1) is 0 Å². The maximum absolute atomic E-state index is 13.0. The fraction of sp³-hybridized carbons (Fsp3) is 0.381. The van der Waals surface area contributed by atoms with E-state index in [0.717, 1.165) is 18.2 Å². The van der Waals surface area contributed by atoms with Gasteiger partial charge in [0, 0.05) is 35.8 Å². The number of aromatic nitrogens is 1. The molecule has 29 heavy (non-hydrogen) atoms. The molecule has 0 unspecified atom stereocenters. The number of anilines is 1. The lowest BCUT2D eigenvalue weighted by molar-refractivity contribution is 0.0988. The minimum absolute atomic E-state index is 0.135. The van der Waals surface area contributed by atoms with Crippen LogP contribution in [0, 0.1) is 0 Å². The van der Waals surface area contributed by atoms with Crippen LogP contribution >= 0.6 is 0 Å². The number of hydrogen-bond donors (Lipinski definition) is 0. The predicted octanol–water partition coefficient (Wildman–Crippen LogP) is 3.12. The molecule has 2 aliphatic rings. The van der Waals surface area contributed by atoms with Gasteiger partial charge >= 0.3 is 0 Å². The minimum atomic E-state index is -3.45. The topological polar surface area (TPSA) is 75.9 Å². The van der Waals surface area contributed by atoms with Gasteiger partial charge in [-0.25, -0.2) is 12.7 Å². The molecule has 0 atom stereocenters. The third kappa shape index (κ3) is 3.52. The molecule has 5 rings (SSSR count). The maximum atomic E-state index is 13.0. The minimum Gasteiger partial charge on any atom is -0.356 e. The van der Waals surface area contributed by atoms with E-state index < -0.39 is 10.0 Å². The Bertz CT molecular complexity index is 1120.